The molecule has 5 nitrogen and oxygen atoms in total. The quantitative estimate of drug-likeness (QED) is 0.447. The highest BCUT2D eigenvalue weighted by molar-refractivity contribution is 5.81. The predicted octanol–water partition coefficient (Wildman–Crippen LogP) is 5.51. The number of hydrogen-bond acceptors (Lipinski definition) is 3. The van der Waals surface area contributed by atoms with Gasteiger partial charge in [0.2, 0.25) is 11.8 Å². The summed E-state index contributed by atoms with van der Waals surface area (Å²) < 4.78 is 21.7. The Morgan fingerprint density at radius 1 is 1.09 bits per heavy atom. The molecule has 2 aromatic carbocycles. The van der Waals surface area contributed by atoms with Crippen LogP contribution in [0.3, 0.4) is 0 Å². The fourth-order valence-electron chi connectivity index (χ4n) is 4.01. The minimum atomic E-state index is -0.298. The first-order valence-electron chi connectivity index (χ1n) is 11.5. The molecule has 3 aromatic rings. The Morgan fingerprint density at radius 2 is 1.81 bits per heavy atom. The molecule has 32 heavy (non-hydrogen) atoms. The third-order valence-electron chi connectivity index (χ3n) is 6.15. The van der Waals surface area contributed by atoms with Gasteiger partial charge in [0.25, 0.3) is 0 Å². The molecule has 0 unspecified atom stereocenters. The molecule has 2 saturated carbocycles. The molecule has 6 heteroatoms. The first-order chi connectivity index (χ1) is 15.6. The van der Waals surface area contributed by atoms with Crippen LogP contribution >= 0.6 is 0 Å². The Kier molecular flexibility index (Phi) is 5.68. The molecule has 1 heterocycles. The van der Waals surface area contributed by atoms with E-state index >= 15 is 0 Å². The SMILES string of the molecule is CCc1nn(-c2ccc(F)cc2)c(Oc2ccccc2)c1CN(CC1CC1)C(=O)C1CC1. The third kappa shape index (κ3) is 4.54. The minimum absolute atomic E-state index is 0.171. The average molecular weight is 434 g/mol. The predicted molar refractivity (Wildman–Crippen MR) is 120 cm³/mol. The largest absolute Gasteiger partial charge is 0.439 e. The standard InChI is InChI=1S/C26H28FN3O2/c1-2-24-23(17-29(16-18-8-9-18)25(31)19-10-11-19)26(32-22-6-4-3-5-7-22)30(28-24)21-14-12-20(27)13-15-21/h3-7,12-15,18-19H,2,8-11,16-17H2,1H3. The van der Waals surface area contributed by atoms with Gasteiger partial charge in [0.15, 0.2) is 0 Å². The number of amides is 1. The maximum atomic E-state index is 13.6. The van der Waals surface area contributed by atoms with Gasteiger partial charge in [0.05, 0.1) is 23.5 Å². The molecule has 0 bridgehead atoms. The van der Waals surface area contributed by atoms with Crippen LogP contribution < -0.4 is 4.74 Å². The number of para-hydroxylation sites is 1. The normalized spacial score (nSPS) is 15.6. The Morgan fingerprint density at radius 3 is 2.44 bits per heavy atom. The van der Waals surface area contributed by atoms with Crippen LogP contribution in [0.5, 0.6) is 11.6 Å². The highest BCUT2D eigenvalue weighted by Crippen LogP contribution is 2.37. The highest BCUT2D eigenvalue weighted by Gasteiger charge is 2.37. The van der Waals surface area contributed by atoms with Crippen molar-refractivity contribution in [3.8, 4) is 17.3 Å². The number of aromatic nitrogens is 2. The second-order valence-corrected chi connectivity index (χ2v) is 8.82. The average Bonchev–Trinajstić information content (AvgIpc) is 3.74. The Balaban J connectivity index is 1.55. The Hall–Kier alpha value is -3.15. The molecule has 0 atom stereocenters. The summed E-state index contributed by atoms with van der Waals surface area (Å²) in [6, 6.07) is 15.8. The van der Waals surface area contributed by atoms with Crippen molar-refractivity contribution in [1.29, 1.82) is 0 Å². The lowest BCUT2D eigenvalue weighted by atomic mass is 10.1. The van der Waals surface area contributed by atoms with Gasteiger partial charge in [-0.3, -0.25) is 4.79 Å². The summed E-state index contributed by atoms with van der Waals surface area (Å²) in [4.78, 5) is 15.1. The number of nitrogens with zero attached hydrogens (tertiary/aromatic N) is 3. The molecule has 2 aliphatic carbocycles. The molecule has 2 fully saturated rings. The van der Waals surface area contributed by atoms with Crippen LogP contribution in [0, 0.1) is 17.7 Å². The van der Waals surface area contributed by atoms with Crippen LogP contribution in [0.15, 0.2) is 54.6 Å². The van der Waals surface area contributed by atoms with Crippen molar-refractivity contribution in [2.75, 3.05) is 6.54 Å². The number of halogens is 1. The number of aryl methyl sites for hydroxylation is 1. The zero-order valence-corrected chi connectivity index (χ0v) is 18.3. The van der Waals surface area contributed by atoms with E-state index in [1.165, 1.54) is 25.0 Å². The van der Waals surface area contributed by atoms with E-state index in [9.17, 15) is 9.18 Å². The van der Waals surface area contributed by atoms with Crippen molar-refractivity contribution >= 4 is 5.91 Å². The summed E-state index contributed by atoms with van der Waals surface area (Å²) in [7, 11) is 0. The lowest BCUT2D eigenvalue weighted by Crippen LogP contribution is -2.33. The summed E-state index contributed by atoms with van der Waals surface area (Å²) in [6.45, 7) is 3.34. The van der Waals surface area contributed by atoms with Gasteiger partial charge in [-0.05, 0) is 74.4 Å². The molecular weight excluding hydrogens is 405 g/mol. The first kappa shape index (κ1) is 20.7. The number of benzene rings is 2. The van der Waals surface area contributed by atoms with E-state index in [4.69, 9.17) is 9.84 Å². The monoisotopic (exact) mass is 433 g/mol. The number of carbonyl (C=O) groups is 1. The van der Waals surface area contributed by atoms with E-state index in [2.05, 4.69) is 6.92 Å². The molecule has 0 aliphatic heterocycles. The van der Waals surface area contributed by atoms with Gasteiger partial charge in [-0.2, -0.15) is 5.10 Å². The Labute approximate surface area is 187 Å². The van der Waals surface area contributed by atoms with Gasteiger partial charge < -0.3 is 9.64 Å². The van der Waals surface area contributed by atoms with Crippen molar-refractivity contribution < 1.29 is 13.9 Å². The third-order valence-corrected chi connectivity index (χ3v) is 6.15. The van der Waals surface area contributed by atoms with Crippen molar-refractivity contribution in [2.45, 2.75) is 45.6 Å². The van der Waals surface area contributed by atoms with Crippen LogP contribution in [-0.4, -0.2) is 27.1 Å². The lowest BCUT2D eigenvalue weighted by Gasteiger charge is -2.23. The summed E-state index contributed by atoms with van der Waals surface area (Å²) in [5.74, 6) is 2.01. The van der Waals surface area contributed by atoms with Gasteiger partial charge in [-0.15, -0.1) is 0 Å². The maximum Gasteiger partial charge on any atom is 0.227 e. The van der Waals surface area contributed by atoms with E-state index in [1.54, 1.807) is 16.8 Å². The number of ether oxygens (including phenoxy) is 1. The highest BCUT2D eigenvalue weighted by atomic mass is 19.1. The molecule has 5 rings (SSSR count). The zero-order chi connectivity index (χ0) is 22.1. The second-order valence-electron chi connectivity index (χ2n) is 8.82. The number of carbonyl (C=O) groups excluding carboxylic acids is 1. The van der Waals surface area contributed by atoms with E-state index in [-0.39, 0.29) is 17.6 Å². The molecular formula is C26H28FN3O2. The second kappa shape index (κ2) is 8.77. The van der Waals surface area contributed by atoms with E-state index in [0.29, 0.717) is 30.5 Å². The van der Waals surface area contributed by atoms with Gasteiger partial charge in [0, 0.05) is 12.5 Å². The first-order valence-corrected chi connectivity index (χ1v) is 11.5. The van der Waals surface area contributed by atoms with Gasteiger partial charge >= 0.3 is 0 Å². The van der Waals surface area contributed by atoms with Crippen LogP contribution in [-0.2, 0) is 17.8 Å². The van der Waals surface area contributed by atoms with Crippen molar-refractivity contribution in [3.05, 3.63) is 71.7 Å². The molecule has 166 valence electrons. The van der Waals surface area contributed by atoms with Gasteiger partial charge in [0.1, 0.15) is 11.6 Å². The molecule has 1 amide bonds. The van der Waals surface area contributed by atoms with Crippen molar-refractivity contribution in [2.24, 2.45) is 11.8 Å². The zero-order valence-electron chi connectivity index (χ0n) is 18.3. The van der Waals surface area contributed by atoms with Crippen LogP contribution in [0.4, 0.5) is 4.39 Å². The molecule has 0 radical (unpaired) electrons. The number of hydrogen-bond donors (Lipinski definition) is 0. The summed E-state index contributed by atoms with van der Waals surface area (Å²) in [6.07, 6.45) is 5.07. The van der Waals surface area contributed by atoms with Crippen LogP contribution in [0.1, 0.15) is 43.9 Å². The van der Waals surface area contributed by atoms with Crippen molar-refractivity contribution in [1.82, 2.24) is 14.7 Å². The fourth-order valence-corrected chi connectivity index (χ4v) is 4.01. The van der Waals surface area contributed by atoms with Crippen LogP contribution in [0.25, 0.3) is 5.69 Å². The van der Waals surface area contributed by atoms with E-state index in [1.807, 2.05) is 35.2 Å². The summed E-state index contributed by atoms with van der Waals surface area (Å²) in [5, 5.41) is 4.82. The summed E-state index contributed by atoms with van der Waals surface area (Å²) in [5.41, 5.74) is 2.54. The Bertz CT molecular complexity index is 1090. The minimum Gasteiger partial charge on any atom is -0.439 e. The smallest absolute Gasteiger partial charge is 0.227 e. The fraction of sp³-hybridized carbons (Fsp3) is 0.385. The van der Waals surface area contributed by atoms with Crippen molar-refractivity contribution in [3.63, 3.8) is 0 Å². The van der Waals surface area contributed by atoms with Gasteiger partial charge in [-0.25, -0.2) is 9.07 Å². The summed E-state index contributed by atoms with van der Waals surface area (Å²) >= 11 is 0. The molecule has 1 aromatic heterocycles. The van der Waals surface area contributed by atoms with Gasteiger partial charge in [-0.1, -0.05) is 25.1 Å². The molecule has 0 spiro atoms. The van der Waals surface area contributed by atoms with E-state index in [0.717, 1.165) is 36.3 Å². The molecule has 2 aliphatic rings. The maximum absolute atomic E-state index is 13.6. The molecule has 0 saturated heterocycles. The van der Waals surface area contributed by atoms with Crippen LogP contribution in [0.2, 0.25) is 0 Å². The van der Waals surface area contributed by atoms with E-state index < -0.39 is 0 Å². The topological polar surface area (TPSA) is 47.4 Å². The lowest BCUT2D eigenvalue weighted by molar-refractivity contribution is -0.133. The molecule has 0 N–H and O–H groups in total. The number of rotatable bonds is 9.